The summed E-state index contributed by atoms with van der Waals surface area (Å²) in [7, 11) is 4.16. The van der Waals surface area contributed by atoms with Crippen LogP contribution in [0.2, 0.25) is 0 Å². The van der Waals surface area contributed by atoms with E-state index in [1.165, 1.54) is 0 Å². The zero-order chi connectivity index (χ0) is 16.3. The molecule has 0 saturated carbocycles. The lowest BCUT2D eigenvalue weighted by molar-refractivity contribution is 0.0526. The van der Waals surface area contributed by atoms with Crippen LogP contribution in [0.5, 0.6) is 0 Å². The Labute approximate surface area is 133 Å². The van der Waals surface area contributed by atoms with Gasteiger partial charge >= 0.3 is 5.97 Å². The van der Waals surface area contributed by atoms with Crippen LogP contribution in [0, 0.1) is 6.92 Å². The average molecular weight is 308 g/mol. The summed E-state index contributed by atoms with van der Waals surface area (Å²) in [6, 6.07) is 0. The van der Waals surface area contributed by atoms with E-state index in [9.17, 15) is 4.79 Å². The van der Waals surface area contributed by atoms with Crippen LogP contribution in [0.3, 0.4) is 0 Å². The van der Waals surface area contributed by atoms with Crippen molar-refractivity contribution in [3.05, 3.63) is 11.3 Å². The minimum atomic E-state index is -0.244. The second kappa shape index (κ2) is 7.05. The van der Waals surface area contributed by atoms with Crippen molar-refractivity contribution in [3.8, 4) is 0 Å². The molecule has 0 atom stereocenters. The third kappa shape index (κ3) is 3.06. The summed E-state index contributed by atoms with van der Waals surface area (Å²) in [4.78, 5) is 17.0. The van der Waals surface area contributed by atoms with E-state index < -0.39 is 0 Å². The standard InChI is InChI=1S/C16H28N4O2/c1-6-17-14-13(16(21)22-7-2)12(3)19(5)15(14)20-10-8-18(4)9-11-20/h17H,6-11H2,1-5H3. The van der Waals surface area contributed by atoms with Crippen molar-refractivity contribution in [1.29, 1.82) is 0 Å². The molecule has 124 valence electrons. The highest BCUT2D eigenvalue weighted by Gasteiger charge is 2.28. The van der Waals surface area contributed by atoms with Crippen LogP contribution in [0.25, 0.3) is 0 Å². The van der Waals surface area contributed by atoms with Gasteiger partial charge in [-0.15, -0.1) is 0 Å². The molecule has 0 unspecified atom stereocenters. The number of ether oxygens (including phenoxy) is 1. The number of piperazine rings is 1. The fraction of sp³-hybridized carbons (Fsp3) is 0.688. The van der Waals surface area contributed by atoms with Gasteiger partial charge in [-0.1, -0.05) is 0 Å². The van der Waals surface area contributed by atoms with Crippen molar-refractivity contribution in [2.24, 2.45) is 7.05 Å². The Bertz CT molecular complexity index is 531. The predicted octanol–water partition coefficient (Wildman–Crippen LogP) is 1.69. The van der Waals surface area contributed by atoms with Crippen molar-refractivity contribution < 1.29 is 9.53 Å². The van der Waals surface area contributed by atoms with Crippen LogP contribution in [0.1, 0.15) is 29.9 Å². The number of rotatable bonds is 5. The summed E-state index contributed by atoms with van der Waals surface area (Å²) in [6.45, 7) is 11.0. The smallest absolute Gasteiger partial charge is 0.342 e. The van der Waals surface area contributed by atoms with Gasteiger partial charge in [0.15, 0.2) is 0 Å². The molecule has 2 rings (SSSR count). The number of hydrogen-bond acceptors (Lipinski definition) is 5. The average Bonchev–Trinajstić information content (AvgIpc) is 2.73. The van der Waals surface area contributed by atoms with Gasteiger partial charge in [0, 0.05) is 45.5 Å². The Kier molecular flexibility index (Phi) is 5.34. The number of nitrogens with one attached hydrogen (secondary N) is 1. The van der Waals surface area contributed by atoms with Crippen molar-refractivity contribution in [3.63, 3.8) is 0 Å². The molecule has 0 radical (unpaired) electrons. The first-order chi connectivity index (χ1) is 10.5. The summed E-state index contributed by atoms with van der Waals surface area (Å²) in [5, 5.41) is 3.38. The minimum absolute atomic E-state index is 0.244. The van der Waals surface area contributed by atoms with Gasteiger partial charge in [0.25, 0.3) is 0 Å². The third-order valence-corrected chi connectivity index (χ3v) is 4.29. The molecular weight excluding hydrogens is 280 g/mol. The van der Waals surface area contributed by atoms with Crippen LogP contribution >= 0.6 is 0 Å². The van der Waals surface area contributed by atoms with E-state index in [1.807, 2.05) is 27.8 Å². The molecule has 6 heteroatoms. The van der Waals surface area contributed by atoms with E-state index in [0.29, 0.717) is 12.2 Å². The molecule has 1 N–H and O–H groups in total. The summed E-state index contributed by atoms with van der Waals surface area (Å²) in [5.41, 5.74) is 2.52. The number of esters is 1. The van der Waals surface area contributed by atoms with Gasteiger partial charge in [0.2, 0.25) is 0 Å². The molecule has 1 aliphatic rings. The molecule has 2 heterocycles. The SMILES string of the molecule is CCNc1c(C(=O)OCC)c(C)n(C)c1N1CCN(C)CC1. The quantitative estimate of drug-likeness (QED) is 0.839. The normalized spacial score (nSPS) is 16.0. The molecular formula is C16H28N4O2. The lowest BCUT2D eigenvalue weighted by Crippen LogP contribution is -2.45. The van der Waals surface area contributed by atoms with Gasteiger partial charge in [0.05, 0.1) is 12.3 Å². The van der Waals surface area contributed by atoms with E-state index in [0.717, 1.165) is 49.9 Å². The number of aromatic nitrogens is 1. The molecule has 1 saturated heterocycles. The van der Waals surface area contributed by atoms with Gasteiger partial charge < -0.3 is 24.4 Å². The van der Waals surface area contributed by atoms with Gasteiger partial charge in [0.1, 0.15) is 11.4 Å². The second-order valence-corrected chi connectivity index (χ2v) is 5.76. The molecule has 1 aromatic heterocycles. The number of hydrogen-bond donors (Lipinski definition) is 1. The Hall–Kier alpha value is -1.69. The van der Waals surface area contributed by atoms with Crippen molar-refractivity contribution >= 4 is 17.5 Å². The zero-order valence-electron chi connectivity index (χ0n) is 14.4. The maximum Gasteiger partial charge on any atom is 0.342 e. The first-order valence-electron chi connectivity index (χ1n) is 8.04. The molecule has 1 fully saturated rings. The summed E-state index contributed by atoms with van der Waals surface area (Å²) in [5.74, 6) is 0.849. The highest BCUT2D eigenvalue weighted by Crippen LogP contribution is 2.35. The Morgan fingerprint density at radius 2 is 1.82 bits per heavy atom. The van der Waals surface area contributed by atoms with Crippen molar-refractivity contribution in [2.45, 2.75) is 20.8 Å². The first-order valence-corrected chi connectivity index (χ1v) is 8.04. The minimum Gasteiger partial charge on any atom is -0.462 e. The van der Waals surface area contributed by atoms with Crippen LogP contribution in [-0.2, 0) is 11.8 Å². The number of anilines is 2. The third-order valence-electron chi connectivity index (χ3n) is 4.29. The topological polar surface area (TPSA) is 49.7 Å². The Balaban J connectivity index is 2.44. The zero-order valence-corrected chi connectivity index (χ0v) is 14.4. The van der Waals surface area contributed by atoms with E-state index in [2.05, 4.69) is 26.7 Å². The van der Waals surface area contributed by atoms with E-state index >= 15 is 0 Å². The van der Waals surface area contributed by atoms with Crippen LogP contribution in [0.4, 0.5) is 11.5 Å². The second-order valence-electron chi connectivity index (χ2n) is 5.76. The molecule has 6 nitrogen and oxygen atoms in total. The lowest BCUT2D eigenvalue weighted by atomic mass is 10.2. The molecule has 0 aromatic carbocycles. The molecule has 0 aliphatic carbocycles. The summed E-state index contributed by atoms with van der Waals surface area (Å²) in [6.07, 6.45) is 0. The van der Waals surface area contributed by atoms with Gasteiger partial charge in [-0.3, -0.25) is 0 Å². The van der Waals surface area contributed by atoms with E-state index in [1.54, 1.807) is 0 Å². The van der Waals surface area contributed by atoms with Gasteiger partial charge in [-0.05, 0) is 27.8 Å². The number of nitrogens with zero attached hydrogens (tertiary/aromatic N) is 3. The monoisotopic (exact) mass is 308 g/mol. The molecule has 0 amide bonds. The number of likely N-dealkylation sites (N-methyl/N-ethyl adjacent to an activating group) is 1. The molecule has 1 aromatic rings. The maximum atomic E-state index is 12.4. The summed E-state index contributed by atoms with van der Waals surface area (Å²) >= 11 is 0. The van der Waals surface area contributed by atoms with Crippen LogP contribution in [0.15, 0.2) is 0 Å². The molecule has 22 heavy (non-hydrogen) atoms. The Morgan fingerprint density at radius 3 is 2.36 bits per heavy atom. The maximum absolute atomic E-state index is 12.4. The first kappa shape index (κ1) is 16.7. The number of carbonyl (C=O) groups is 1. The number of carbonyl (C=O) groups excluding carboxylic acids is 1. The van der Waals surface area contributed by atoms with Crippen LogP contribution in [-0.4, -0.2) is 61.8 Å². The fourth-order valence-electron chi connectivity index (χ4n) is 2.97. The van der Waals surface area contributed by atoms with Crippen molar-refractivity contribution in [1.82, 2.24) is 9.47 Å². The van der Waals surface area contributed by atoms with Gasteiger partial charge in [-0.25, -0.2) is 4.79 Å². The fourth-order valence-corrected chi connectivity index (χ4v) is 2.97. The van der Waals surface area contributed by atoms with E-state index in [-0.39, 0.29) is 5.97 Å². The lowest BCUT2D eigenvalue weighted by Gasteiger charge is -2.35. The molecule has 1 aliphatic heterocycles. The Morgan fingerprint density at radius 1 is 1.18 bits per heavy atom. The summed E-state index contributed by atoms with van der Waals surface area (Å²) < 4.78 is 7.36. The highest BCUT2D eigenvalue weighted by atomic mass is 16.5. The van der Waals surface area contributed by atoms with Crippen LogP contribution < -0.4 is 10.2 Å². The highest BCUT2D eigenvalue weighted by molar-refractivity contribution is 6.01. The predicted molar refractivity (Wildman–Crippen MR) is 90.0 cm³/mol. The molecule has 0 spiro atoms. The van der Waals surface area contributed by atoms with Crippen molar-refractivity contribution in [2.75, 3.05) is 56.6 Å². The molecule has 0 bridgehead atoms. The van der Waals surface area contributed by atoms with Gasteiger partial charge in [-0.2, -0.15) is 0 Å². The van der Waals surface area contributed by atoms with E-state index in [4.69, 9.17) is 4.74 Å². The largest absolute Gasteiger partial charge is 0.462 e.